The maximum absolute atomic E-state index is 11.5. The molecule has 8 nitrogen and oxygen atoms in total. The molecule has 2 N–H and O–H groups in total. The number of thioether (sulfide) groups is 1. The Morgan fingerprint density at radius 3 is 2.20 bits per heavy atom. The Bertz CT molecular complexity index is 2210. The first-order chi connectivity index (χ1) is 21.5. The average molecular weight is 682 g/mol. The van der Waals surface area contributed by atoms with Crippen LogP contribution in [0.5, 0.6) is 0 Å². The van der Waals surface area contributed by atoms with E-state index in [1.54, 1.807) is 23.1 Å². The fraction of sp³-hybridized carbons (Fsp3) is 0.242. The van der Waals surface area contributed by atoms with Gasteiger partial charge in [-0.05, 0) is 52.8 Å². The van der Waals surface area contributed by atoms with Gasteiger partial charge < -0.3 is 4.90 Å². The van der Waals surface area contributed by atoms with Crippen LogP contribution in [-0.4, -0.2) is 44.0 Å². The topological polar surface area (TPSA) is 116 Å². The van der Waals surface area contributed by atoms with Gasteiger partial charge in [-0.1, -0.05) is 84.6 Å². The number of aryl methyl sites for hydroxylation is 1. The number of anilines is 1. The zero-order valence-electron chi connectivity index (χ0n) is 24.6. The maximum atomic E-state index is 11.5. The number of nitrogens with zero attached hydrogens (tertiary/aromatic N) is 2. The normalized spacial score (nSPS) is 15.1. The molecule has 0 saturated heterocycles. The molecule has 0 saturated carbocycles. The largest absolute Gasteiger partial charge is 0.335 e. The van der Waals surface area contributed by atoms with Gasteiger partial charge in [0.25, 0.3) is 25.2 Å². The lowest BCUT2D eigenvalue weighted by Gasteiger charge is -2.20. The van der Waals surface area contributed by atoms with Crippen LogP contribution < -0.4 is 9.47 Å². The summed E-state index contributed by atoms with van der Waals surface area (Å²) in [6, 6.07) is 24.6. The van der Waals surface area contributed by atoms with E-state index in [2.05, 4.69) is 77.1 Å². The molecule has 0 radical (unpaired) electrons. The van der Waals surface area contributed by atoms with Gasteiger partial charge in [-0.25, -0.2) is 0 Å². The highest BCUT2D eigenvalue weighted by molar-refractivity contribution is 8.04. The van der Waals surface area contributed by atoms with Crippen molar-refractivity contribution in [2.45, 2.75) is 37.6 Å². The second-order valence-corrected chi connectivity index (χ2v) is 16.2. The predicted octanol–water partition coefficient (Wildman–Crippen LogP) is 7.30. The molecular weight excluding hydrogens is 649 g/mol. The van der Waals surface area contributed by atoms with Gasteiger partial charge in [0.2, 0.25) is 5.52 Å². The van der Waals surface area contributed by atoms with Crippen molar-refractivity contribution in [3.05, 3.63) is 94.5 Å². The first kappa shape index (κ1) is 31.7. The van der Waals surface area contributed by atoms with Crippen LogP contribution in [0.3, 0.4) is 0 Å². The molecule has 0 atom stereocenters. The molecule has 5 aromatic rings. The summed E-state index contributed by atoms with van der Waals surface area (Å²) in [5.41, 5.74) is 3.06. The first-order valence-corrected chi connectivity index (χ1v) is 19.5. The number of hydrogen-bond donors (Lipinski definition) is 2. The monoisotopic (exact) mass is 681 g/mol. The Morgan fingerprint density at radius 2 is 1.49 bits per heavy atom. The van der Waals surface area contributed by atoms with E-state index in [0.29, 0.717) is 13.1 Å². The van der Waals surface area contributed by atoms with Crippen molar-refractivity contribution in [1.82, 2.24) is 0 Å². The van der Waals surface area contributed by atoms with Gasteiger partial charge in [-0.15, -0.1) is 0 Å². The van der Waals surface area contributed by atoms with Crippen molar-refractivity contribution in [2.75, 3.05) is 23.0 Å². The Hall–Kier alpha value is -3.26. The second kappa shape index (κ2) is 12.9. The average Bonchev–Trinajstić information content (AvgIpc) is 3.53. The summed E-state index contributed by atoms with van der Waals surface area (Å²) in [7, 11) is -8.17. The zero-order valence-corrected chi connectivity index (χ0v) is 27.9. The van der Waals surface area contributed by atoms with Gasteiger partial charge in [0.05, 0.1) is 22.2 Å². The fourth-order valence-corrected chi connectivity index (χ4v) is 9.29. The van der Waals surface area contributed by atoms with Crippen LogP contribution in [-0.2, 0) is 26.8 Å². The summed E-state index contributed by atoms with van der Waals surface area (Å²) in [6.45, 7) is 2.93. The van der Waals surface area contributed by atoms with Crippen LogP contribution in [0.2, 0.25) is 0 Å². The number of rotatable bonds is 11. The summed E-state index contributed by atoms with van der Waals surface area (Å²) < 4.78 is 68.0. The quantitative estimate of drug-likeness (QED) is 0.110. The van der Waals surface area contributed by atoms with Crippen molar-refractivity contribution >= 4 is 86.9 Å². The number of benzene rings is 4. The molecule has 12 heteroatoms. The van der Waals surface area contributed by atoms with E-state index in [1.807, 2.05) is 24.3 Å². The standard InChI is InChI=1S/C33H32N2O6S4/c1-2-23(21-30-34(17-7-19-44(36,37)38)28-15-13-24-9-3-5-11-26(24)32(28)42-30)22-31-35(18-8-20-45(39,40)41)29-16-14-25-10-4-6-12-27(25)33(29)43-31/h3-6,9-16,21-22H,2,7-8,17-20H2,1H3,(H-,36,37,38,39,40,41)/p+1. The highest BCUT2D eigenvalue weighted by atomic mass is 32.2. The third kappa shape index (κ3) is 7.11. The molecule has 6 rings (SSSR count). The second-order valence-electron chi connectivity index (χ2n) is 11.0. The molecule has 2 heterocycles. The number of fused-ring (bicyclic) bond motifs is 6. The zero-order chi connectivity index (χ0) is 31.8. The molecule has 0 spiro atoms. The molecule has 1 aromatic heterocycles. The molecule has 0 unspecified atom stereocenters. The minimum Gasteiger partial charge on any atom is -0.335 e. The van der Waals surface area contributed by atoms with Crippen LogP contribution in [0.1, 0.15) is 31.2 Å². The SMILES string of the molecule is CCC(/C=C1\Sc2c(ccc3ccccc23)N1CCCS(=O)(=O)O)=C\c1sc2c3ccccc3ccc2[n+]1CCCS(=O)(=O)O. The maximum Gasteiger partial charge on any atom is 0.265 e. The van der Waals surface area contributed by atoms with Gasteiger partial charge in [-0.2, -0.15) is 21.4 Å². The summed E-state index contributed by atoms with van der Waals surface area (Å²) in [6.07, 6.45) is 5.53. The lowest BCUT2D eigenvalue weighted by atomic mass is 10.1. The van der Waals surface area contributed by atoms with E-state index in [-0.39, 0.29) is 24.3 Å². The Morgan fingerprint density at radius 1 is 0.844 bits per heavy atom. The lowest BCUT2D eigenvalue weighted by molar-refractivity contribution is -0.668. The molecule has 45 heavy (non-hydrogen) atoms. The molecule has 1 aliphatic heterocycles. The van der Waals surface area contributed by atoms with Gasteiger partial charge in [0.1, 0.15) is 4.70 Å². The molecule has 234 valence electrons. The minimum atomic E-state index is -4.08. The first-order valence-electron chi connectivity index (χ1n) is 14.6. The molecular formula is C33H33N2O6S4+. The Balaban J connectivity index is 1.43. The van der Waals surface area contributed by atoms with Crippen LogP contribution >= 0.6 is 23.1 Å². The molecule has 0 bridgehead atoms. The number of hydrogen-bond acceptors (Lipinski definition) is 7. The van der Waals surface area contributed by atoms with Crippen molar-refractivity contribution in [1.29, 1.82) is 0 Å². The summed E-state index contributed by atoms with van der Waals surface area (Å²) in [5, 5.41) is 6.43. The van der Waals surface area contributed by atoms with E-state index in [9.17, 15) is 25.9 Å². The Kier molecular flexibility index (Phi) is 9.06. The van der Waals surface area contributed by atoms with Crippen molar-refractivity contribution < 1.29 is 30.5 Å². The third-order valence-electron chi connectivity index (χ3n) is 7.84. The van der Waals surface area contributed by atoms with E-state index < -0.39 is 20.2 Å². The van der Waals surface area contributed by atoms with Crippen LogP contribution in [0, 0.1) is 0 Å². The molecule has 4 aromatic carbocycles. The minimum absolute atomic E-state index is 0.269. The van der Waals surface area contributed by atoms with Gasteiger partial charge in [0.15, 0.2) is 6.54 Å². The van der Waals surface area contributed by atoms with Crippen molar-refractivity contribution in [2.24, 2.45) is 0 Å². The van der Waals surface area contributed by atoms with E-state index in [1.165, 1.54) is 0 Å². The van der Waals surface area contributed by atoms with Gasteiger partial charge >= 0.3 is 0 Å². The fourth-order valence-electron chi connectivity index (χ4n) is 5.71. The number of aromatic nitrogens is 1. The van der Waals surface area contributed by atoms with E-state index >= 15 is 0 Å². The molecule has 0 aliphatic carbocycles. The molecule has 0 fully saturated rings. The van der Waals surface area contributed by atoms with Crippen LogP contribution in [0.25, 0.3) is 37.8 Å². The summed E-state index contributed by atoms with van der Waals surface area (Å²) in [4.78, 5) is 3.23. The predicted molar refractivity (Wildman–Crippen MR) is 185 cm³/mol. The van der Waals surface area contributed by atoms with Crippen molar-refractivity contribution in [3.8, 4) is 0 Å². The number of allylic oxidation sites excluding steroid dienone is 2. The molecule has 0 amide bonds. The van der Waals surface area contributed by atoms with Crippen LogP contribution in [0.15, 0.2) is 94.4 Å². The highest BCUT2D eigenvalue weighted by Gasteiger charge is 2.28. The smallest absolute Gasteiger partial charge is 0.265 e. The van der Waals surface area contributed by atoms with Gasteiger partial charge in [-0.3, -0.25) is 9.11 Å². The van der Waals surface area contributed by atoms with Gasteiger partial charge in [0, 0.05) is 35.4 Å². The summed E-state index contributed by atoms with van der Waals surface area (Å²) >= 11 is 3.30. The van der Waals surface area contributed by atoms with Crippen LogP contribution in [0.4, 0.5) is 5.69 Å². The highest BCUT2D eigenvalue weighted by Crippen LogP contribution is 2.50. The Labute approximate surface area is 271 Å². The summed E-state index contributed by atoms with van der Waals surface area (Å²) in [5.74, 6) is -0.639. The van der Waals surface area contributed by atoms with E-state index in [4.69, 9.17) is 0 Å². The third-order valence-corrected chi connectivity index (χ3v) is 11.8. The van der Waals surface area contributed by atoms with Crippen molar-refractivity contribution in [3.63, 3.8) is 0 Å². The lowest BCUT2D eigenvalue weighted by Crippen LogP contribution is -2.36. The number of thiazole rings is 1. The van der Waals surface area contributed by atoms with E-state index in [0.717, 1.165) is 64.4 Å². The molecule has 1 aliphatic rings.